The lowest BCUT2D eigenvalue weighted by Gasteiger charge is -2.08. The minimum atomic E-state index is -0.351. The van der Waals surface area contributed by atoms with Crippen LogP contribution in [0.2, 0.25) is 0 Å². The van der Waals surface area contributed by atoms with E-state index in [4.69, 9.17) is 4.74 Å². The minimum absolute atomic E-state index is 0.0411. The van der Waals surface area contributed by atoms with Gasteiger partial charge in [0.2, 0.25) is 0 Å². The van der Waals surface area contributed by atoms with Crippen molar-refractivity contribution >= 4 is 17.6 Å². The Kier molecular flexibility index (Phi) is 4.61. The predicted molar refractivity (Wildman–Crippen MR) is 94.6 cm³/mol. The van der Waals surface area contributed by atoms with Gasteiger partial charge in [0.15, 0.2) is 6.61 Å². The highest BCUT2D eigenvalue weighted by molar-refractivity contribution is 5.94. The molecule has 6 heteroatoms. The van der Waals surface area contributed by atoms with E-state index in [9.17, 15) is 9.59 Å². The molecule has 6 nitrogen and oxygen atoms in total. The summed E-state index contributed by atoms with van der Waals surface area (Å²) in [7, 11) is 0. The second-order valence-corrected chi connectivity index (χ2v) is 6.77. The third-order valence-electron chi connectivity index (χ3n) is 4.59. The van der Waals surface area contributed by atoms with E-state index < -0.39 is 0 Å². The summed E-state index contributed by atoms with van der Waals surface area (Å²) < 4.78 is 6.87. The number of rotatable bonds is 5. The van der Waals surface area contributed by atoms with Crippen LogP contribution in [-0.4, -0.2) is 28.3 Å². The number of benzene rings is 1. The van der Waals surface area contributed by atoms with Gasteiger partial charge in [0.25, 0.3) is 5.91 Å². The monoisotopic (exact) mass is 341 g/mol. The summed E-state index contributed by atoms with van der Waals surface area (Å²) in [6.07, 6.45) is 0.849. The zero-order chi connectivity index (χ0) is 18.1. The smallest absolute Gasteiger partial charge is 0.309 e. The second-order valence-electron chi connectivity index (χ2n) is 6.77. The van der Waals surface area contributed by atoms with Crippen LogP contribution in [0.1, 0.15) is 30.3 Å². The highest BCUT2D eigenvalue weighted by atomic mass is 16.5. The number of aryl methyl sites for hydroxylation is 2. The Hall–Kier alpha value is -2.63. The van der Waals surface area contributed by atoms with Crippen LogP contribution in [0.5, 0.6) is 0 Å². The molecule has 1 heterocycles. The topological polar surface area (TPSA) is 73.2 Å². The van der Waals surface area contributed by atoms with Crippen molar-refractivity contribution in [1.82, 2.24) is 9.78 Å². The SMILES string of the molecule is Cc1ccc(-n2nc(C)c(NC(=O)COC(=O)[C@@H]3C[C@H]3C)c2C)cc1. The molecule has 2 aromatic rings. The van der Waals surface area contributed by atoms with Gasteiger partial charge in [0.1, 0.15) is 0 Å². The average Bonchev–Trinajstić information content (AvgIpc) is 3.25. The van der Waals surface area contributed by atoms with Crippen molar-refractivity contribution in [2.24, 2.45) is 11.8 Å². The molecule has 1 saturated carbocycles. The molecule has 3 rings (SSSR count). The van der Waals surface area contributed by atoms with Crippen LogP contribution >= 0.6 is 0 Å². The maximum absolute atomic E-state index is 12.1. The Morgan fingerprint density at radius 2 is 1.88 bits per heavy atom. The highest BCUT2D eigenvalue weighted by Crippen LogP contribution is 2.38. The number of ether oxygens (including phenoxy) is 1. The molecule has 1 fully saturated rings. The third-order valence-corrected chi connectivity index (χ3v) is 4.59. The normalized spacial score (nSPS) is 18.7. The largest absolute Gasteiger partial charge is 0.455 e. The molecule has 25 heavy (non-hydrogen) atoms. The number of hydrogen-bond donors (Lipinski definition) is 1. The molecule has 0 radical (unpaired) electrons. The Bertz CT molecular complexity index is 808. The van der Waals surface area contributed by atoms with Crippen LogP contribution in [0.3, 0.4) is 0 Å². The number of amides is 1. The van der Waals surface area contributed by atoms with E-state index in [1.54, 1.807) is 4.68 Å². The number of esters is 1. The average molecular weight is 341 g/mol. The van der Waals surface area contributed by atoms with Gasteiger partial charge in [-0.25, -0.2) is 4.68 Å². The molecule has 132 valence electrons. The van der Waals surface area contributed by atoms with Crippen LogP contribution < -0.4 is 5.32 Å². The van der Waals surface area contributed by atoms with E-state index >= 15 is 0 Å². The van der Waals surface area contributed by atoms with Gasteiger partial charge >= 0.3 is 5.97 Å². The predicted octanol–water partition coefficient (Wildman–Crippen LogP) is 2.94. The molecule has 0 spiro atoms. The first-order valence-corrected chi connectivity index (χ1v) is 8.46. The standard InChI is InChI=1S/C19H23N3O3/c1-11-5-7-15(8-6-11)22-14(4)18(13(3)21-22)20-17(23)10-25-19(24)16-9-12(16)2/h5-8,12,16H,9-10H2,1-4H3,(H,20,23)/t12-,16-/m1/s1. The Morgan fingerprint density at radius 3 is 2.48 bits per heavy atom. The van der Waals surface area contributed by atoms with Crippen LogP contribution in [0.25, 0.3) is 5.69 Å². The summed E-state index contributed by atoms with van der Waals surface area (Å²) in [4.78, 5) is 23.8. The van der Waals surface area contributed by atoms with Crippen molar-refractivity contribution in [3.05, 3.63) is 41.2 Å². The molecule has 0 bridgehead atoms. The van der Waals surface area contributed by atoms with Gasteiger partial charge in [-0.05, 0) is 45.2 Å². The summed E-state index contributed by atoms with van der Waals surface area (Å²) >= 11 is 0. The van der Waals surface area contributed by atoms with E-state index in [1.165, 1.54) is 5.56 Å². The molecule has 1 amide bonds. The molecule has 1 aliphatic rings. The Labute approximate surface area is 147 Å². The summed E-state index contributed by atoms with van der Waals surface area (Å²) in [5.41, 5.74) is 4.30. The van der Waals surface area contributed by atoms with Crippen molar-refractivity contribution in [2.75, 3.05) is 11.9 Å². The lowest BCUT2D eigenvalue weighted by atomic mass is 10.2. The molecule has 0 aliphatic heterocycles. The van der Waals surface area contributed by atoms with Crippen LogP contribution in [0.15, 0.2) is 24.3 Å². The van der Waals surface area contributed by atoms with Gasteiger partial charge in [0, 0.05) is 0 Å². The number of aromatic nitrogens is 2. The molecular weight excluding hydrogens is 318 g/mol. The molecular formula is C19H23N3O3. The molecule has 1 aliphatic carbocycles. The molecule has 1 aromatic carbocycles. The molecule has 2 atom stereocenters. The van der Waals surface area contributed by atoms with Crippen molar-refractivity contribution in [1.29, 1.82) is 0 Å². The van der Waals surface area contributed by atoms with E-state index in [-0.39, 0.29) is 24.4 Å². The number of hydrogen-bond acceptors (Lipinski definition) is 4. The van der Waals surface area contributed by atoms with E-state index in [0.717, 1.165) is 17.8 Å². The summed E-state index contributed by atoms with van der Waals surface area (Å²) in [6.45, 7) is 7.49. The number of nitrogens with one attached hydrogen (secondary N) is 1. The van der Waals surface area contributed by atoms with Crippen molar-refractivity contribution in [2.45, 2.75) is 34.1 Å². The van der Waals surface area contributed by atoms with Crippen LogP contribution in [0, 0.1) is 32.6 Å². The summed E-state index contributed by atoms with van der Waals surface area (Å²) in [5.74, 6) is -0.309. The zero-order valence-electron chi connectivity index (χ0n) is 15.0. The van der Waals surface area contributed by atoms with Crippen LogP contribution in [0.4, 0.5) is 5.69 Å². The molecule has 1 aromatic heterocycles. The maximum atomic E-state index is 12.1. The fraction of sp³-hybridized carbons (Fsp3) is 0.421. The first-order valence-electron chi connectivity index (χ1n) is 8.46. The summed E-state index contributed by atoms with van der Waals surface area (Å²) in [5, 5.41) is 7.31. The van der Waals surface area contributed by atoms with E-state index in [1.807, 2.05) is 52.0 Å². The van der Waals surface area contributed by atoms with Crippen molar-refractivity contribution in [3.63, 3.8) is 0 Å². The van der Waals surface area contributed by atoms with E-state index in [0.29, 0.717) is 17.3 Å². The van der Waals surface area contributed by atoms with E-state index in [2.05, 4.69) is 10.4 Å². The van der Waals surface area contributed by atoms with Gasteiger partial charge in [-0.3, -0.25) is 9.59 Å². The second kappa shape index (κ2) is 6.70. The van der Waals surface area contributed by atoms with Gasteiger partial charge in [-0.15, -0.1) is 0 Å². The lowest BCUT2D eigenvalue weighted by Crippen LogP contribution is -2.22. The van der Waals surface area contributed by atoms with Crippen molar-refractivity contribution in [3.8, 4) is 5.69 Å². The Morgan fingerprint density at radius 1 is 1.24 bits per heavy atom. The van der Waals surface area contributed by atoms with Crippen LogP contribution in [-0.2, 0) is 14.3 Å². The maximum Gasteiger partial charge on any atom is 0.309 e. The number of carbonyl (C=O) groups is 2. The quantitative estimate of drug-likeness (QED) is 0.849. The number of carbonyl (C=O) groups excluding carboxylic acids is 2. The first kappa shape index (κ1) is 17.2. The zero-order valence-corrected chi connectivity index (χ0v) is 15.0. The molecule has 0 saturated heterocycles. The minimum Gasteiger partial charge on any atom is -0.455 e. The van der Waals surface area contributed by atoms with Gasteiger partial charge < -0.3 is 10.1 Å². The lowest BCUT2D eigenvalue weighted by molar-refractivity contribution is -0.148. The fourth-order valence-electron chi connectivity index (χ4n) is 2.83. The number of anilines is 1. The first-order chi connectivity index (χ1) is 11.9. The van der Waals surface area contributed by atoms with Crippen molar-refractivity contribution < 1.29 is 14.3 Å². The third kappa shape index (κ3) is 3.73. The summed E-state index contributed by atoms with van der Waals surface area (Å²) in [6, 6.07) is 8.00. The van der Waals surface area contributed by atoms with Gasteiger partial charge in [-0.2, -0.15) is 5.10 Å². The van der Waals surface area contributed by atoms with Gasteiger partial charge in [0.05, 0.1) is 28.7 Å². The van der Waals surface area contributed by atoms with Gasteiger partial charge in [-0.1, -0.05) is 24.6 Å². The molecule has 1 N–H and O–H groups in total. The Balaban J connectivity index is 1.67. The fourth-order valence-corrected chi connectivity index (χ4v) is 2.83. The number of nitrogens with zero attached hydrogens (tertiary/aromatic N) is 2. The highest BCUT2D eigenvalue weighted by Gasteiger charge is 2.40. The molecule has 0 unspecified atom stereocenters.